The lowest BCUT2D eigenvalue weighted by molar-refractivity contribution is 0.288. The summed E-state index contributed by atoms with van der Waals surface area (Å²) in [7, 11) is 0. The van der Waals surface area contributed by atoms with E-state index >= 15 is 0 Å². The molecular formula is C18H19BrO. The minimum Gasteiger partial charge on any atom is -0.493 e. The molecule has 2 heteroatoms. The average Bonchev–Trinajstić information content (AvgIpc) is 2.47. The van der Waals surface area contributed by atoms with Crippen molar-refractivity contribution in [3.63, 3.8) is 0 Å². The zero-order valence-corrected chi connectivity index (χ0v) is 13.3. The highest BCUT2D eigenvalue weighted by Crippen LogP contribution is 2.32. The van der Waals surface area contributed by atoms with E-state index in [2.05, 4.69) is 65.3 Å². The maximum atomic E-state index is 5.68. The van der Waals surface area contributed by atoms with E-state index in [0.717, 1.165) is 31.6 Å². The van der Waals surface area contributed by atoms with Crippen LogP contribution in [0.15, 0.2) is 42.5 Å². The van der Waals surface area contributed by atoms with Gasteiger partial charge in [0.2, 0.25) is 0 Å². The highest BCUT2D eigenvalue weighted by molar-refractivity contribution is 9.09. The summed E-state index contributed by atoms with van der Waals surface area (Å²) in [5.74, 6) is 1.07. The van der Waals surface area contributed by atoms with Crippen LogP contribution in [0.2, 0.25) is 0 Å². The second-order valence-corrected chi connectivity index (χ2v) is 6.59. The summed E-state index contributed by atoms with van der Waals surface area (Å²) in [6, 6.07) is 15.3. The van der Waals surface area contributed by atoms with E-state index in [-0.39, 0.29) is 0 Å². The first-order valence-electron chi connectivity index (χ1n) is 7.17. The number of rotatable bonds is 3. The number of alkyl halides is 1. The lowest BCUT2D eigenvalue weighted by atomic mass is 9.98. The standard InChI is InChI=1S/C18H19BrO/c1-13-4-2-5-14(10-13)11-17(19)15-7-8-18-16(12-15)6-3-9-20-18/h2,4-5,7-8,10,12,17H,3,6,9,11H2,1H3. The molecule has 3 rings (SSSR count). The van der Waals surface area contributed by atoms with Crippen LogP contribution in [0, 0.1) is 6.92 Å². The predicted octanol–water partition coefficient (Wildman–Crippen LogP) is 5.00. The van der Waals surface area contributed by atoms with Gasteiger partial charge in [-0.15, -0.1) is 0 Å². The molecular weight excluding hydrogens is 312 g/mol. The van der Waals surface area contributed by atoms with E-state index in [1.807, 2.05) is 0 Å². The summed E-state index contributed by atoms with van der Waals surface area (Å²) < 4.78 is 5.68. The van der Waals surface area contributed by atoms with E-state index in [0.29, 0.717) is 4.83 Å². The molecule has 0 amide bonds. The summed E-state index contributed by atoms with van der Waals surface area (Å²) in [6.07, 6.45) is 3.27. The van der Waals surface area contributed by atoms with Crippen LogP contribution in [0.5, 0.6) is 5.75 Å². The third kappa shape index (κ3) is 3.06. The van der Waals surface area contributed by atoms with E-state index in [4.69, 9.17) is 4.74 Å². The van der Waals surface area contributed by atoms with Gasteiger partial charge in [-0.05, 0) is 48.9 Å². The van der Waals surface area contributed by atoms with Gasteiger partial charge < -0.3 is 4.74 Å². The quantitative estimate of drug-likeness (QED) is 0.719. The molecule has 2 aromatic rings. The number of fused-ring (bicyclic) bond motifs is 1. The van der Waals surface area contributed by atoms with Crippen LogP contribution in [0.1, 0.15) is 33.5 Å². The topological polar surface area (TPSA) is 9.23 Å². The molecule has 1 unspecified atom stereocenters. The van der Waals surface area contributed by atoms with Gasteiger partial charge in [-0.3, -0.25) is 0 Å². The Hall–Kier alpha value is -1.28. The van der Waals surface area contributed by atoms with Gasteiger partial charge in [-0.1, -0.05) is 57.9 Å². The molecule has 0 spiro atoms. The molecule has 1 atom stereocenters. The van der Waals surface area contributed by atoms with Crippen LogP contribution in [0.25, 0.3) is 0 Å². The summed E-state index contributed by atoms with van der Waals surface area (Å²) in [4.78, 5) is 0.358. The van der Waals surface area contributed by atoms with Crippen molar-refractivity contribution in [1.82, 2.24) is 0 Å². The number of halogens is 1. The summed E-state index contributed by atoms with van der Waals surface area (Å²) in [5, 5.41) is 0. The largest absolute Gasteiger partial charge is 0.493 e. The minimum atomic E-state index is 0.358. The van der Waals surface area contributed by atoms with Crippen LogP contribution in [0.4, 0.5) is 0 Å². The highest BCUT2D eigenvalue weighted by atomic mass is 79.9. The summed E-state index contributed by atoms with van der Waals surface area (Å²) in [6.45, 7) is 3.00. The maximum absolute atomic E-state index is 5.68. The first-order valence-corrected chi connectivity index (χ1v) is 8.09. The van der Waals surface area contributed by atoms with Gasteiger partial charge in [0.25, 0.3) is 0 Å². The Labute approximate surface area is 129 Å². The molecule has 1 aliphatic rings. The fourth-order valence-corrected chi connectivity index (χ4v) is 3.40. The number of ether oxygens (including phenoxy) is 1. The highest BCUT2D eigenvalue weighted by Gasteiger charge is 2.14. The Kier molecular flexibility index (Phi) is 4.11. The number of hydrogen-bond donors (Lipinski definition) is 0. The van der Waals surface area contributed by atoms with Crippen molar-refractivity contribution in [1.29, 1.82) is 0 Å². The molecule has 0 radical (unpaired) electrons. The average molecular weight is 331 g/mol. The van der Waals surface area contributed by atoms with E-state index < -0.39 is 0 Å². The third-order valence-corrected chi connectivity index (χ3v) is 4.64. The van der Waals surface area contributed by atoms with Crippen LogP contribution in [0.3, 0.4) is 0 Å². The van der Waals surface area contributed by atoms with Crippen molar-refractivity contribution in [2.24, 2.45) is 0 Å². The first-order chi connectivity index (χ1) is 9.72. The summed E-state index contributed by atoms with van der Waals surface area (Å²) in [5.41, 5.74) is 5.39. The fourth-order valence-electron chi connectivity index (χ4n) is 2.74. The van der Waals surface area contributed by atoms with Crippen molar-refractivity contribution < 1.29 is 4.74 Å². The predicted molar refractivity (Wildman–Crippen MR) is 86.8 cm³/mol. The smallest absolute Gasteiger partial charge is 0.122 e. The molecule has 104 valence electrons. The van der Waals surface area contributed by atoms with Crippen LogP contribution in [-0.2, 0) is 12.8 Å². The Balaban J connectivity index is 1.78. The maximum Gasteiger partial charge on any atom is 0.122 e. The second-order valence-electron chi connectivity index (χ2n) is 5.48. The molecule has 0 aliphatic carbocycles. The van der Waals surface area contributed by atoms with E-state index in [1.165, 1.54) is 22.3 Å². The molecule has 1 aliphatic heterocycles. The minimum absolute atomic E-state index is 0.358. The molecule has 20 heavy (non-hydrogen) atoms. The Morgan fingerprint density at radius 3 is 2.95 bits per heavy atom. The van der Waals surface area contributed by atoms with Crippen LogP contribution < -0.4 is 4.74 Å². The van der Waals surface area contributed by atoms with Crippen molar-refractivity contribution in [3.05, 3.63) is 64.7 Å². The first kappa shape index (κ1) is 13.7. The van der Waals surface area contributed by atoms with Gasteiger partial charge in [-0.25, -0.2) is 0 Å². The Morgan fingerprint density at radius 2 is 2.10 bits per heavy atom. The monoisotopic (exact) mass is 330 g/mol. The van der Waals surface area contributed by atoms with Gasteiger partial charge in [-0.2, -0.15) is 0 Å². The fraction of sp³-hybridized carbons (Fsp3) is 0.333. The van der Waals surface area contributed by atoms with Crippen molar-refractivity contribution in [2.75, 3.05) is 6.61 Å². The lowest BCUT2D eigenvalue weighted by Crippen LogP contribution is -2.09. The van der Waals surface area contributed by atoms with Crippen LogP contribution in [-0.4, -0.2) is 6.61 Å². The molecule has 1 nitrogen and oxygen atoms in total. The van der Waals surface area contributed by atoms with Crippen molar-refractivity contribution >= 4 is 15.9 Å². The molecule has 0 fully saturated rings. The molecule has 2 aromatic carbocycles. The van der Waals surface area contributed by atoms with Gasteiger partial charge in [0.05, 0.1) is 6.61 Å². The lowest BCUT2D eigenvalue weighted by Gasteiger charge is -2.19. The summed E-state index contributed by atoms with van der Waals surface area (Å²) >= 11 is 3.83. The number of aryl methyl sites for hydroxylation is 2. The molecule has 0 aromatic heterocycles. The Bertz CT molecular complexity index is 606. The van der Waals surface area contributed by atoms with Crippen molar-refractivity contribution in [3.8, 4) is 5.75 Å². The normalized spacial score (nSPS) is 15.3. The SMILES string of the molecule is Cc1cccc(CC(Br)c2ccc3c(c2)CCCO3)c1. The van der Waals surface area contributed by atoms with E-state index in [1.54, 1.807) is 0 Å². The van der Waals surface area contributed by atoms with Crippen molar-refractivity contribution in [2.45, 2.75) is 31.0 Å². The number of hydrogen-bond acceptors (Lipinski definition) is 1. The van der Waals surface area contributed by atoms with Gasteiger partial charge in [0, 0.05) is 4.83 Å². The van der Waals surface area contributed by atoms with E-state index in [9.17, 15) is 0 Å². The number of benzene rings is 2. The molecule has 1 heterocycles. The molecule has 0 saturated heterocycles. The van der Waals surface area contributed by atoms with Gasteiger partial charge in [0.1, 0.15) is 5.75 Å². The zero-order valence-electron chi connectivity index (χ0n) is 11.7. The molecule has 0 bridgehead atoms. The van der Waals surface area contributed by atoms with Gasteiger partial charge in [0.15, 0.2) is 0 Å². The second kappa shape index (κ2) is 6.01. The molecule has 0 N–H and O–H groups in total. The van der Waals surface area contributed by atoms with Gasteiger partial charge >= 0.3 is 0 Å². The third-order valence-electron chi connectivity index (χ3n) is 3.79. The Morgan fingerprint density at radius 1 is 1.20 bits per heavy atom. The molecule has 0 saturated carbocycles. The van der Waals surface area contributed by atoms with Crippen LogP contribution >= 0.6 is 15.9 Å². The zero-order chi connectivity index (χ0) is 13.9.